The molecule has 4 aromatic rings. The molecular weight excluding hydrogens is 476 g/mol. The van der Waals surface area contributed by atoms with Crippen LogP contribution in [0.1, 0.15) is 16.7 Å². The number of carbonyl (C=O) groups is 3. The lowest BCUT2D eigenvalue weighted by atomic mass is 9.99. The van der Waals surface area contributed by atoms with Gasteiger partial charge in [-0.05, 0) is 53.1 Å². The maximum Gasteiger partial charge on any atom is 0.335 e. The molecule has 1 aliphatic heterocycles. The number of hydrogen-bond donors (Lipinski definition) is 1. The van der Waals surface area contributed by atoms with Gasteiger partial charge in [0.2, 0.25) is 0 Å². The highest BCUT2D eigenvalue weighted by Gasteiger charge is 2.37. The molecule has 5 rings (SSSR count). The van der Waals surface area contributed by atoms with Crippen molar-refractivity contribution in [2.24, 2.45) is 0 Å². The third-order valence-electron chi connectivity index (χ3n) is 5.97. The second kappa shape index (κ2) is 9.68. The number of barbiturate groups is 1. The highest BCUT2D eigenvalue weighted by molar-refractivity contribution is 6.40. The molecule has 0 aliphatic carbocycles. The molecule has 0 unspecified atom stereocenters. The fourth-order valence-electron chi connectivity index (χ4n) is 4.13. The first-order valence-electron chi connectivity index (χ1n) is 11.3. The van der Waals surface area contributed by atoms with Crippen LogP contribution in [0.2, 0.25) is 5.02 Å². The van der Waals surface area contributed by atoms with Gasteiger partial charge in [-0.2, -0.15) is 0 Å². The zero-order valence-electron chi connectivity index (χ0n) is 19.3. The summed E-state index contributed by atoms with van der Waals surface area (Å²) in [6, 6.07) is 25.1. The Kier molecular flexibility index (Phi) is 6.27. The van der Waals surface area contributed by atoms with Crippen molar-refractivity contribution < 1.29 is 19.1 Å². The van der Waals surface area contributed by atoms with Crippen molar-refractivity contribution in [3.05, 3.63) is 112 Å². The van der Waals surface area contributed by atoms with Gasteiger partial charge in [0.05, 0.1) is 5.69 Å². The van der Waals surface area contributed by atoms with Crippen LogP contribution in [0.3, 0.4) is 0 Å². The average molecular weight is 497 g/mol. The van der Waals surface area contributed by atoms with Crippen LogP contribution in [0.15, 0.2) is 90.5 Å². The maximum absolute atomic E-state index is 13.5. The molecule has 1 saturated heterocycles. The summed E-state index contributed by atoms with van der Waals surface area (Å²) >= 11 is 6.13. The summed E-state index contributed by atoms with van der Waals surface area (Å²) < 4.78 is 6.13. The lowest BCUT2D eigenvalue weighted by Crippen LogP contribution is -2.54. The number of nitrogens with one attached hydrogen (secondary N) is 1. The molecule has 1 fully saturated rings. The van der Waals surface area contributed by atoms with Crippen LogP contribution in [-0.4, -0.2) is 17.8 Å². The summed E-state index contributed by atoms with van der Waals surface area (Å²) in [5, 5.41) is 4.36. The van der Waals surface area contributed by atoms with E-state index in [0.717, 1.165) is 21.2 Å². The molecule has 1 aliphatic rings. The predicted molar refractivity (Wildman–Crippen MR) is 140 cm³/mol. The number of amides is 4. The fourth-order valence-corrected chi connectivity index (χ4v) is 4.30. The van der Waals surface area contributed by atoms with E-state index in [9.17, 15) is 14.4 Å². The lowest BCUT2D eigenvalue weighted by Gasteiger charge is -2.28. The first-order chi connectivity index (χ1) is 17.4. The molecule has 0 saturated carbocycles. The SMILES string of the molecule is Cc1ccc(Cl)cc1N1C(=O)NC(=O)/C(=C\c2c(OCc3ccccc3)ccc3ccccc23)C1=O. The summed E-state index contributed by atoms with van der Waals surface area (Å²) in [6.45, 7) is 2.06. The number of aryl methyl sites for hydroxylation is 1. The van der Waals surface area contributed by atoms with Gasteiger partial charge >= 0.3 is 6.03 Å². The van der Waals surface area contributed by atoms with E-state index in [1.54, 1.807) is 19.1 Å². The van der Waals surface area contributed by atoms with Crippen molar-refractivity contribution in [3.63, 3.8) is 0 Å². The minimum atomic E-state index is -0.828. The Morgan fingerprint density at radius 1 is 0.917 bits per heavy atom. The van der Waals surface area contributed by atoms with E-state index in [0.29, 0.717) is 34.2 Å². The van der Waals surface area contributed by atoms with Crippen LogP contribution in [0, 0.1) is 6.92 Å². The van der Waals surface area contributed by atoms with Crippen LogP contribution in [-0.2, 0) is 16.2 Å². The number of halogens is 1. The highest BCUT2D eigenvalue weighted by Crippen LogP contribution is 2.33. The van der Waals surface area contributed by atoms with Crippen LogP contribution in [0.5, 0.6) is 5.75 Å². The summed E-state index contributed by atoms with van der Waals surface area (Å²) in [4.78, 5) is 40.0. The molecule has 0 radical (unpaired) electrons. The van der Waals surface area contributed by atoms with Gasteiger partial charge in [-0.15, -0.1) is 0 Å². The van der Waals surface area contributed by atoms with Crippen LogP contribution >= 0.6 is 11.6 Å². The van der Waals surface area contributed by atoms with Gasteiger partial charge in [0.25, 0.3) is 11.8 Å². The molecule has 4 aromatic carbocycles. The topological polar surface area (TPSA) is 75.7 Å². The summed E-state index contributed by atoms with van der Waals surface area (Å²) in [7, 11) is 0. The van der Waals surface area contributed by atoms with Crippen LogP contribution < -0.4 is 15.0 Å². The predicted octanol–water partition coefficient (Wildman–Crippen LogP) is 6.05. The zero-order chi connectivity index (χ0) is 25.2. The van der Waals surface area contributed by atoms with E-state index < -0.39 is 17.8 Å². The van der Waals surface area contributed by atoms with Crippen molar-refractivity contribution in [1.82, 2.24) is 5.32 Å². The van der Waals surface area contributed by atoms with Gasteiger partial charge < -0.3 is 4.74 Å². The van der Waals surface area contributed by atoms with E-state index in [2.05, 4.69) is 5.32 Å². The fraction of sp³-hybridized carbons (Fsp3) is 0.0690. The second-order valence-electron chi connectivity index (χ2n) is 8.36. The number of benzene rings is 4. The molecule has 4 amide bonds. The molecular formula is C29H21ClN2O4. The summed E-state index contributed by atoms with van der Waals surface area (Å²) in [5.74, 6) is -1.01. The Hall–Kier alpha value is -4.42. The number of rotatable bonds is 5. The lowest BCUT2D eigenvalue weighted by molar-refractivity contribution is -0.122. The van der Waals surface area contributed by atoms with Crippen molar-refractivity contribution >= 4 is 52.0 Å². The Morgan fingerprint density at radius 2 is 1.67 bits per heavy atom. The number of carbonyl (C=O) groups excluding carboxylic acids is 3. The average Bonchev–Trinajstić information content (AvgIpc) is 2.88. The van der Waals surface area contributed by atoms with Gasteiger partial charge in [-0.1, -0.05) is 78.3 Å². The third-order valence-corrected chi connectivity index (χ3v) is 6.21. The zero-order valence-corrected chi connectivity index (χ0v) is 20.1. The molecule has 0 spiro atoms. The maximum atomic E-state index is 13.5. The molecule has 6 nitrogen and oxygen atoms in total. The quantitative estimate of drug-likeness (QED) is 0.270. The molecule has 178 valence electrons. The smallest absolute Gasteiger partial charge is 0.335 e. The van der Waals surface area contributed by atoms with Crippen LogP contribution in [0.4, 0.5) is 10.5 Å². The summed E-state index contributed by atoms with van der Waals surface area (Å²) in [6.07, 6.45) is 1.49. The Labute approximate surface area is 212 Å². The van der Waals surface area contributed by atoms with Gasteiger partial charge in [0.15, 0.2) is 0 Å². The number of ether oxygens (including phenoxy) is 1. The van der Waals surface area contributed by atoms with Crippen molar-refractivity contribution in [1.29, 1.82) is 0 Å². The van der Waals surface area contributed by atoms with Gasteiger partial charge in [0, 0.05) is 10.6 Å². The Bertz CT molecular complexity index is 1550. The van der Waals surface area contributed by atoms with E-state index in [4.69, 9.17) is 16.3 Å². The molecule has 1 N–H and O–H groups in total. The van der Waals surface area contributed by atoms with E-state index in [1.165, 1.54) is 12.1 Å². The number of nitrogens with zero attached hydrogens (tertiary/aromatic N) is 1. The minimum Gasteiger partial charge on any atom is -0.488 e. The number of anilines is 1. The first kappa shape index (κ1) is 23.3. The Morgan fingerprint density at radius 3 is 2.47 bits per heavy atom. The number of fused-ring (bicyclic) bond motifs is 1. The van der Waals surface area contributed by atoms with Gasteiger partial charge in [-0.25, -0.2) is 9.69 Å². The monoisotopic (exact) mass is 496 g/mol. The van der Waals surface area contributed by atoms with E-state index in [1.807, 2.05) is 66.7 Å². The number of imide groups is 2. The van der Waals surface area contributed by atoms with E-state index in [-0.39, 0.29) is 5.57 Å². The molecule has 0 aromatic heterocycles. The van der Waals surface area contributed by atoms with Crippen LogP contribution in [0.25, 0.3) is 16.8 Å². The number of urea groups is 1. The normalized spacial score (nSPS) is 14.9. The summed E-state index contributed by atoms with van der Waals surface area (Å²) in [5.41, 5.74) is 2.33. The molecule has 36 heavy (non-hydrogen) atoms. The third kappa shape index (κ3) is 4.46. The van der Waals surface area contributed by atoms with Crippen molar-refractivity contribution in [2.45, 2.75) is 13.5 Å². The minimum absolute atomic E-state index is 0.185. The number of hydrogen-bond acceptors (Lipinski definition) is 4. The second-order valence-corrected chi connectivity index (χ2v) is 8.80. The standard InChI is InChI=1S/C29H21ClN2O4/c1-18-11-13-21(30)15-25(18)32-28(34)24(27(33)31-29(32)35)16-23-22-10-6-5-9-20(22)12-14-26(23)36-17-19-7-3-2-4-8-19/h2-16H,17H2,1H3,(H,31,33,35)/b24-16+. The van der Waals surface area contributed by atoms with E-state index >= 15 is 0 Å². The largest absolute Gasteiger partial charge is 0.488 e. The highest BCUT2D eigenvalue weighted by atomic mass is 35.5. The van der Waals surface area contributed by atoms with Gasteiger partial charge in [-0.3, -0.25) is 14.9 Å². The molecule has 0 atom stereocenters. The molecule has 1 heterocycles. The molecule has 0 bridgehead atoms. The first-order valence-corrected chi connectivity index (χ1v) is 11.7. The molecule has 7 heteroatoms. The van der Waals surface area contributed by atoms with Crippen molar-refractivity contribution in [3.8, 4) is 5.75 Å². The Balaban J connectivity index is 1.61. The van der Waals surface area contributed by atoms with Gasteiger partial charge in [0.1, 0.15) is 17.9 Å². The van der Waals surface area contributed by atoms with Crippen molar-refractivity contribution in [2.75, 3.05) is 4.90 Å².